The number of ether oxygens (including phenoxy) is 2. The fraction of sp³-hybridized carbons (Fsp3) is 0.500. The van der Waals surface area contributed by atoms with Gasteiger partial charge in [0.25, 0.3) is 0 Å². The van der Waals surface area contributed by atoms with Crippen LogP contribution in [0.3, 0.4) is 0 Å². The molecule has 0 amide bonds. The van der Waals surface area contributed by atoms with Gasteiger partial charge in [0.2, 0.25) is 0 Å². The molecule has 0 spiro atoms. The molecule has 0 aliphatic carbocycles. The lowest BCUT2D eigenvalue weighted by Gasteiger charge is -2.13. The van der Waals surface area contributed by atoms with Crippen LogP contribution in [0.1, 0.15) is 17.5 Å². The highest BCUT2D eigenvalue weighted by atomic mass is 79.9. The molecule has 0 aliphatic rings. The lowest BCUT2D eigenvalue weighted by Crippen LogP contribution is -2.13. The maximum Gasteiger partial charge on any atom is 0.157 e. The number of aryl methyl sites for hydroxylation is 1. The Labute approximate surface area is 99.7 Å². The van der Waals surface area contributed by atoms with Crippen molar-refractivity contribution in [2.45, 2.75) is 24.5 Å². The minimum absolute atomic E-state index is 0.0994. The van der Waals surface area contributed by atoms with Crippen LogP contribution < -0.4 is 0 Å². The maximum atomic E-state index is 5.15. The Kier molecular flexibility index (Phi) is 5.91. The molecule has 0 radical (unpaired) electrons. The fourth-order valence-electron chi connectivity index (χ4n) is 1.48. The first kappa shape index (κ1) is 12.7. The number of alkyl halides is 1. The van der Waals surface area contributed by atoms with Gasteiger partial charge in [-0.3, -0.25) is 0 Å². The van der Waals surface area contributed by atoms with Crippen molar-refractivity contribution in [1.29, 1.82) is 0 Å². The summed E-state index contributed by atoms with van der Waals surface area (Å²) >= 11 is 3.45. The van der Waals surface area contributed by atoms with Crippen LogP contribution in [0.25, 0.3) is 0 Å². The third-order valence-electron chi connectivity index (χ3n) is 2.34. The maximum absolute atomic E-state index is 5.15. The third-order valence-corrected chi connectivity index (χ3v) is 2.99. The number of rotatable bonds is 6. The Morgan fingerprint density at radius 3 is 2.47 bits per heavy atom. The Hall–Kier alpha value is -0.380. The molecule has 0 heterocycles. The number of hydrogen-bond acceptors (Lipinski definition) is 2. The second-order valence-corrected chi connectivity index (χ2v) is 3.95. The van der Waals surface area contributed by atoms with Crippen LogP contribution >= 0.6 is 15.9 Å². The van der Waals surface area contributed by atoms with E-state index in [0.717, 1.165) is 18.2 Å². The van der Waals surface area contributed by atoms with E-state index in [2.05, 4.69) is 40.2 Å². The number of methoxy groups -OCH3 is 2. The van der Waals surface area contributed by atoms with Gasteiger partial charge in [0.1, 0.15) is 0 Å². The summed E-state index contributed by atoms with van der Waals surface area (Å²) in [6.45, 7) is 0. The van der Waals surface area contributed by atoms with E-state index in [9.17, 15) is 0 Å². The molecule has 0 atom stereocenters. The largest absolute Gasteiger partial charge is 0.356 e. The van der Waals surface area contributed by atoms with Crippen LogP contribution in [0.5, 0.6) is 0 Å². The Morgan fingerprint density at radius 1 is 1.20 bits per heavy atom. The molecule has 0 aliphatic heterocycles. The number of halogens is 1. The van der Waals surface area contributed by atoms with Crippen molar-refractivity contribution in [2.24, 2.45) is 0 Å². The van der Waals surface area contributed by atoms with Crippen molar-refractivity contribution in [2.75, 3.05) is 14.2 Å². The van der Waals surface area contributed by atoms with E-state index >= 15 is 0 Å². The summed E-state index contributed by atoms with van der Waals surface area (Å²) in [4.78, 5) is 0. The summed E-state index contributed by atoms with van der Waals surface area (Å²) < 4.78 is 10.3. The highest BCUT2D eigenvalue weighted by Crippen LogP contribution is 2.12. The molecule has 1 rings (SSSR count). The average Bonchev–Trinajstić information content (AvgIpc) is 2.31. The van der Waals surface area contributed by atoms with Gasteiger partial charge in [-0.1, -0.05) is 40.2 Å². The van der Waals surface area contributed by atoms with Crippen LogP contribution in [0.4, 0.5) is 0 Å². The second kappa shape index (κ2) is 6.99. The first-order chi connectivity index (χ1) is 7.30. The Balaban J connectivity index is 2.49. The molecule has 0 saturated heterocycles. The van der Waals surface area contributed by atoms with Crippen molar-refractivity contribution in [1.82, 2.24) is 0 Å². The Bertz CT molecular complexity index is 285. The van der Waals surface area contributed by atoms with Crippen molar-refractivity contribution >= 4 is 15.9 Å². The smallest absolute Gasteiger partial charge is 0.157 e. The van der Waals surface area contributed by atoms with Crippen molar-refractivity contribution < 1.29 is 9.47 Å². The molecule has 1 aromatic rings. The van der Waals surface area contributed by atoms with Gasteiger partial charge in [0.15, 0.2) is 6.29 Å². The summed E-state index contributed by atoms with van der Waals surface area (Å²) in [5.74, 6) is 0. The predicted molar refractivity (Wildman–Crippen MR) is 65.2 cm³/mol. The lowest BCUT2D eigenvalue weighted by molar-refractivity contribution is -0.105. The highest BCUT2D eigenvalue weighted by Gasteiger charge is 2.05. The molecule has 2 nitrogen and oxygen atoms in total. The van der Waals surface area contributed by atoms with E-state index in [1.54, 1.807) is 14.2 Å². The lowest BCUT2D eigenvalue weighted by atomic mass is 10.1. The first-order valence-corrected chi connectivity index (χ1v) is 6.11. The first-order valence-electron chi connectivity index (χ1n) is 4.99. The summed E-state index contributed by atoms with van der Waals surface area (Å²) in [5.41, 5.74) is 2.63. The van der Waals surface area contributed by atoms with Gasteiger partial charge in [-0.25, -0.2) is 0 Å². The highest BCUT2D eigenvalue weighted by molar-refractivity contribution is 9.08. The summed E-state index contributed by atoms with van der Waals surface area (Å²) in [5, 5.41) is 0.902. The van der Waals surface area contributed by atoms with Crippen molar-refractivity contribution in [3.63, 3.8) is 0 Å². The average molecular weight is 273 g/mol. The molecule has 0 bridgehead atoms. The third kappa shape index (κ3) is 4.33. The van der Waals surface area contributed by atoms with Gasteiger partial charge >= 0.3 is 0 Å². The van der Waals surface area contributed by atoms with E-state index in [1.807, 2.05) is 0 Å². The minimum Gasteiger partial charge on any atom is -0.356 e. The van der Waals surface area contributed by atoms with Crippen LogP contribution in [0, 0.1) is 0 Å². The van der Waals surface area contributed by atoms with Gasteiger partial charge < -0.3 is 9.47 Å². The zero-order valence-electron chi connectivity index (χ0n) is 9.20. The number of benzene rings is 1. The van der Waals surface area contributed by atoms with Gasteiger partial charge in [-0.2, -0.15) is 0 Å². The van der Waals surface area contributed by atoms with E-state index in [-0.39, 0.29) is 6.29 Å². The quantitative estimate of drug-likeness (QED) is 0.585. The molecule has 0 aromatic heterocycles. The van der Waals surface area contributed by atoms with Crippen molar-refractivity contribution in [3.8, 4) is 0 Å². The zero-order valence-corrected chi connectivity index (χ0v) is 10.8. The normalized spacial score (nSPS) is 10.9. The van der Waals surface area contributed by atoms with Crippen molar-refractivity contribution in [3.05, 3.63) is 35.4 Å². The SMILES string of the molecule is COC(CCc1cccc(CBr)c1)OC. The molecular weight excluding hydrogens is 256 g/mol. The van der Waals surface area contributed by atoms with Gasteiger partial charge in [-0.05, 0) is 17.5 Å². The summed E-state index contributed by atoms with van der Waals surface area (Å²) in [6, 6.07) is 8.54. The molecular formula is C12H17BrO2. The topological polar surface area (TPSA) is 18.5 Å². The Morgan fingerprint density at radius 2 is 1.87 bits per heavy atom. The fourth-order valence-corrected chi connectivity index (χ4v) is 1.83. The molecule has 0 fully saturated rings. The molecule has 3 heteroatoms. The molecule has 15 heavy (non-hydrogen) atoms. The molecule has 0 unspecified atom stereocenters. The summed E-state index contributed by atoms with van der Waals surface area (Å²) in [7, 11) is 3.34. The minimum atomic E-state index is -0.0994. The molecule has 0 N–H and O–H groups in total. The number of hydrogen-bond donors (Lipinski definition) is 0. The zero-order chi connectivity index (χ0) is 11.1. The standard InChI is InChI=1S/C12H17BrO2/c1-14-12(15-2)7-6-10-4-3-5-11(8-10)9-13/h3-5,8,12H,6-7,9H2,1-2H3. The van der Waals surface area contributed by atoms with E-state index < -0.39 is 0 Å². The predicted octanol–water partition coefficient (Wildman–Crippen LogP) is 3.13. The molecule has 1 aromatic carbocycles. The van der Waals surface area contributed by atoms with Crippen LogP contribution in [-0.2, 0) is 21.2 Å². The van der Waals surface area contributed by atoms with Gasteiger partial charge in [0.05, 0.1) is 0 Å². The summed E-state index contributed by atoms with van der Waals surface area (Å²) in [6.07, 6.45) is 1.77. The monoisotopic (exact) mass is 272 g/mol. The van der Waals surface area contributed by atoms with E-state index in [4.69, 9.17) is 9.47 Å². The van der Waals surface area contributed by atoms with Crippen LogP contribution in [0.2, 0.25) is 0 Å². The van der Waals surface area contributed by atoms with E-state index in [1.165, 1.54) is 11.1 Å². The van der Waals surface area contributed by atoms with Gasteiger partial charge in [-0.15, -0.1) is 0 Å². The molecule has 84 valence electrons. The van der Waals surface area contributed by atoms with Gasteiger partial charge in [0, 0.05) is 26.0 Å². The molecule has 0 saturated carbocycles. The van der Waals surface area contributed by atoms with E-state index in [0.29, 0.717) is 0 Å². The van der Waals surface area contributed by atoms with Crippen LogP contribution in [-0.4, -0.2) is 20.5 Å². The second-order valence-electron chi connectivity index (χ2n) is 3.39. The van der Waals surface area contributed by atoms with Crippen LogP contribution in [0.15, 0.2) is 24.3 Å².